The number of nitrogens with zero attached hydrogens (tertiary/aromatic N) is 4. The van der Waals surface area contributed by atoms with Gasteiger partial charge in [0, 0.05) is 24.0 Å². The Kier molecular flexibility index (Phi) is 7.07. The first-order valence-corrected chi connectivity index (χ1v) is 12.4. The molecule has 0 spiro atoms. The van der Waals surface area contributed by atoms with E-state index in [2.05, 4.69) is 30.8 Å². The molecule has 5 N–H and O–H groups in total. The number of pyridine rings is 2. The Balaban J connectivity index is 1.35. The number of carbonyl (C=O) groups excluding carboxylic acids is 1. The van der Waals surface area contributed by atoms with Crippen molar-refractivity contribution in [2.45, 2.75) is 25.9 Å². The number of H-pyrrole nitrogens is 1. The summed E-state index contributed by atoms with van der Waals surface area (Å²) in [5, 5.41) is 22.9. The van der Waals surface area contributed by atoms with Crippen molar-refractivity contribution in [3.8, 4) is 17.2 Å². The van der Waals surface area contributed by atoms with E-state index in [0.717, 1.165) is 34.2 Å². The lowest BCUT2D eigenvalue weighted by Crippen LogP contribution is -2.28. The number of aromatic amines is 1. The summed E-state index contributed by atoms with van der Waals surface area (Å²) in [5.41, 5.74) is 9.97. The molecule has 2 aromatic carbocycles. The molecule has 40 heavy (non-hydrogen) atoms. The number of nitrogens with two attached hydrogens (primary N) is 1. The molecule has 11 heteroatoms. The zero-order chi connectivity index (χ0) is 28.4. The topological polar surface area (TPSA) is 145 Å². The van der Waals surface area contributed by atoms with Crippen LogP contribution in [0.15, 0.2) is 67.0 Å². The number of nitriles is 1. The van der Waals surface area contributed by atoms with Crippen molar-refractivity contribution in [3.05, 3.63) is 101 Å². The van der Waals surface area contributed by atoms with Crippen molar-refractivity contribution in [3.63, 3.8) is 0 Å². The van der Waals surface area contributed by atoms with Gasteiger partial charge in [0.25, 0.3) is 5.91 Å². The second-order valence-corrected chi connectivity index (χ2v) is 9.32. The van der Waals surface area contributed by atoms with E-state index in [1.165, 1.54) is 18.3 Å². The lowest BCUT2D eigenvalue weighted by molar-refractivity contribution is 0.0940. The number of aromatic nitrogens is 4. The summed E-state index contributed by atoms with van der Waals surface area (Å²) < 4.78 is 27.0. The van der Waals surface area contributed by atoms with Crippen molar-refractivity contribution in [1.29, 1.82) is 5.26 Å². The van der Waals surface area contributed by atoms with E-state index in [0.29, 0.717) is 17.0 Å². The van der Waals surface area contributed by atoms with Crippen LogP contribution in [0, 0.1) is 23.0 Å². The standard InChI is InChI=1S/C29H24F2N8O/c1-15(18-3-5-19(6-4-18)21-10-22-26(33)38-39-28(22)35-14-21)36-27-23(9-17(12-32)13-34-27)29(40)37-16(2)20-7-8-24(30)25(31)11-20/h3-11,13-16H,1-2H3,(H,34,36)(H,37,40)(H3,33,35,38,39)/t15-,16+/m1/s1. The van der Waals surface area contributed by atoms with Gasteiger partial charge >= 0.3 is 0 Å². The highest BCUT2D eigenvalue weighted by molar-refractivity contribution is 5.99. The molecule has 3 aromatic heterocycles. The van der Waals surface area contributed by atoms with E-state index in [1.807, 2.05) is 43.3 Å². The fourth-order valence-electron chi connectivity index (χ4n) is 4.28. The van der Waals surface area contributed by atoms with Crippen LogP contribution < -0.4 is 16.4 Å². The number of nitrogen functional groups attached to an aromatic ring is 1. The van der Waals surface area contributed by atoms with E-state index >= 15 is 0 Å². The van der Waals surface area contributed by atoms with Gasteiger partial charge in [-0.2, -0.15) is 10.4 Å². The molecule has 5 rings (SSSR count). The Hall–Kier alpha value is -5.37. The summed E-state index contributed by atoms with van der Waals surface area (Å²) in [7, 11) is 0. The smallest absolute Gasteiger partial charge is 0.255 e. The van der Waals surface area contributed by atoms with Gasteiger partial charge < -0.3 is 16.4 Å². The van der Waals surface area contributed by atoms with E-state index < -0.39 is 23.6 Å². The third kappa shape index (κ3) is 5.28. The average molecular weight is 539 g/mol. The molecule has 0 unspecified atom stereocenters. The number of amides is 1. The van der Waals surface area contributed by atoms with Gasteiger partial charge in [0.1, 0.15) is 17.7 Å². The Labute approximate surface area is 228 Å². The van der Waals surface area contributed by atoms with E-state index in [1.54, 1.807) is 13.1 Å². The van der Waals surface area contributed by atoms with Crippen molar-refractivity contribution in [2.75, 3.05) is 11.1 Å². The quantitative estimate of drug-likeness (QED) is 0.217. The molecule has 5 aromatic rings. The molecule has 0 aliphatic heterocycles. The molecule has 0 aliphatic rings. The number of benzene rings is 2. The number of anilines is 2. The Morgan fingerprint density at radius 1 is 0.950 bits per heavy atom. The summed E-state index contributed by atoms with van der Waals surface area (Å²) >= 11 is 0. The minimum absolute atomic E-state index is 0.147. The summed E-state index contributed by atoms with van der Waals surface area (Å²) in [4.78, 5) is 21.8. The predicted molar refractivity (Wildman–Crippen MR) is 147 cm³/mol. The minimum atomic E-state index is -1.00. The Bertz CT molecular complexity index is 1760. The number of carbonyl (C=O) groups is 1. The normalized spacial score (nSPS) is 12.5. The minimum Gasteiger partial charge on any atom is -0.384 e. The van der Waals surface area contributed by atoms with Crippen LogP contribution in [0.1, 0.15) is 53.0 Å². The highest BCUT2D eigenvalue weighted by atomic mass is 19.2. The molecular weight excluding hydrogens is 514 g/mol. The summed E-state index contributed by atoms with van der Waals surface area (Å²) in [5.74, 6) is -1.77. The van der Waals surface area contributed by atoms with Crippen molar-refractivity contribution < 1.29 is 13.6 Å². The summed E-state index contributed by atoms with van der Waals surface area (Å²) in [6, 6.07) is 15.7. The van der Waals surface area contributed by atoms with E-state index in [-0.39, 0.29) is 23.0 Å². The summed E-state index contributed by atoms with van der Waals surface area (Å²) in [6.07, 6.45) is 3.10. The van der Waals surface area contributed by atoms with Crippen molar-refractivity contribution in [1.82, 2.24) is 25.5 Å². The first-order valence-electron chi connectivity index (χ1n) is 12.4. The van der Waals surface area contributed by atoms with Crippen LogP contribution in [0.5, 0.6) is 0 Å². The largest absolute Gasteiger partial charge is 0.384 e. The molecule has 0 radical (unpaired) electrons. The summed E-state index contributed by atoms with van der Waals surface area (Å²) in [6.45, 7) is 3.57. The monoisotopic (exact) mass is 538 g/mol. The first-order chi connectivity index (χ1) is 19.2. The van der Waals surface area contributed by atoms with E-state index in [4.69, 9.17) is 5.73 Å². The van der Waals surface area contributed by atoms with Gasteiger partial charge in [-0.3, -0.25) is 9.89 Å². The van der Waals surface area contributed by atoms with Crippen LogP contribution in [-0.4, -0.2) is 26.1 Å². The second-order valence-electron chi connectivity index (χ2n) is 9.32. The number of halogens is 2. The first kappa shape index (κ1) is 26.2. The Morgan fingerprint density at radius 2 is 1.70 bits per heavy atom. The fraction of sp³-hybridized carbons (Fsp3) is 0.138. The molecule has 9 nitrogen and oxygen atoms in total. The number of hydrogen-bond donors (Lipinski definition) is 4. The van der Waals surface area contributed by atoms with Crippen molar-refractivity contribution in [2.24, 2.45) is 0 Å². The van der Waals surface area contributed by atoms with Crippen LogP contribution in [0.2, 0.25) is 0 Å². The SMILES string of the molecule is C[C@H](NC(=O)c1cc(C#N)cnc1N[C@H](C)c1ccc(-c2cnc3n[nH]c(N)c3c2)cc1)c1ccc(F)c(F)c1. The maximum absolute atomic E-state index is 13.7. The third-order valence-corrected chi connectivity index (χ3v) is 6.59. The maximum Gasteiger partial charge on any atom is 0.255 e. The Morgan fingerprint density at radius 3 is 2.42 bits per heavy atom. The molecule has 200 valence electrons. The van der Waals surface area contributed by atoms with Gasteiger partial charge in [-0.05, 0) is 54.8 Å². The number of rotatable bonds is 7. The molecule has 3 heterocycles. The zero-order valence-electron chi connectivity index (χ0n) is 21.5. The van der Waals surface area contributed by atoms with Gasteiger partial charge in [0.2, 0.25) is 0 Å². The average Bonchev–Trinajstić information content (AvgIpc) is 3.34. The third-order valence-electron chi connectivity index (χ3n) is 6.59. The predicted octanol–water partition coefficient (Wildman–Crippen LogP) is 5.42. The molecule has 1 amide bonds. The van der Waals surface area contributed by atoms with Crippen molar-refractivity contribution >= 4 is 28.6 Å². The highest BCUT2D eigenvalue weighted by Crippen LogP contribution is 2.28. The van der Waals surface area contributed by atoms with Crippen LogP contribution in [0.25, 0.3) is 22.2 Å². The maximum atomic E-state index is 13.7. The molecule has 0 saturated heterocycles. The molecule has 0 saturated carbocycles. The van der Waals surface area contributed by atoms with Crippen LogP contribution in [0.3, 0.4) is 0 Å². The molecule has 0 fully saturated rings. The molecule has 2 atom stereocenters. The van der Waals surface area contributed by atoms with Gasteiger partial charge in [-0.15, -0.1) is 0 Å². The van der Waals surface area contributed by atoms with Gasteiger partial charge in [0.05, 0.1) is 22.6 Å². The number of fused-ring (bicyclic) bond motifs is 1. The van der Waals surface area contributed by atoms with Gasteiger partial charge in [-0.1, -0.05) is 30.3 Å². The second kappa shape index (κ2) is 10.8. The lowest BCUT2D eigenvalue weighted by atomic mass is 10.0. The van der Waals surface area contributed by atoms with Crippen LogP contribution >= 0.6 is 0 Å². The molecular formula is C29H24F2N8O. The van der Waals surface area contributed by atoms with Crippen LogP contribution in [-0.2, 0) is 0 Å². The fourth-order valence-corrected chi connectivity index (χ4v) is 4.28. The van der Waals surface area contributed by atoms with Gasteiger partial charge in [0.15, 0.2) is 17.3 Å². The lowest BCUT2D eigenvalue weighted by Gasteiger charge is -2.19. The number of hydrogen-bond acceptors (Lipinski definition) is 7. The highest BCUT2D eigenvalue weighted by Gasteiger charge is 2.20. The van der Waals surface area contributed by atoms with E-state index in [9.17, 15) is 18.8 Å². The zero-order valence-corrected chi connectivity index (χ0v) is 21.5. The number of nitrogens with one attached hydrogen (secondary N) is 3. The molecule has 0 aliphatic carbocycles. The van der Waals surface area contributed by atoms with Crippen LogP contribution in [0.4, 0.5) is 20.4 Å². The van der Waals surface area contributed by atoms with Gasteiger partial charge in [-0.25, -0.2) is 18.7 Å². The molecule has 0 bridgehead atoms.